The maximum atomic E-state index is 12.4. The van der Waals surface area contributed by atoms with Gasteiger partial charge in [-0.05, 0) is 6.07 Å². The van der Waals surface area contributed by atoms with Gasteiger partial charge in [0.2, 0.25) is 4.96 Å². The fraction of sp³-hybridized carbons (Fsp3) is 0.462. The molecule has 0 aliphatic rings. The van der Waals surface area contributed by atoms with Crippen LogP contribution in [0.1, 0.15) is 26.5 Å². The zero-order valence-electron chi connectivity index (χ0n) is 12.6. The van der Waals surface area contributed by atoms with E-state index < -0.39 is 0 Å². The van der Waals surface area contributed by atoms with Crippen LogP contribution in [0.4, 0.5) is 0 Å². The predicted molar refractivity (Wildman–Crippen MR) is 86.6 cm³/mol. The molecule has 3 aromatic rings. The fourth-order valence-electron chi connectivity index (χ4n) is 1.89. The molecule has 0 bridgehead atoms. The normalized spacial score (nSPS) is 12.1. The molecule has 0 aromatic carbocycles. The van der Waals surface area contributed by atoms with Crippen LogP contribution in [-0.4, -0.2) is 35.3 Å². The molecule has 9 heteroatoms. The summed E-state index contributed by atoms with van der Waals surface area (Å²) in [6, 6.07) is 1.89. The highest BCUT2D eigenvalue weighted by molar-refractivity contribution is 8.01. The predicted octanol–water partition coefficient (Wildman–Crippen LogP) is 1.83. The average molecular weight is 336 g/mol. The van der Waals surface area contributed by atoms with Crippen molar-refractivity contribution >= 4 is 28.1 Å². The van der Waals surface area contributed by atoms with Gasteiger partial charge in [0.05, 0.1) is 6.54 Å². The van der Waals surface area contributed by atoms with Crippen molar-refractivity contribution in [3.63, 3.8) is 0 Å². The van der Waals surface area contributed by atoms with E-state index in [1.54, 1.807) is 18.0 Å². The Labute approximate surface area is 135 Å². The minimum absolute atomic E-state index is 0.187. The molecule has 3 rings (SSSR count). The van der Waals surface area contributed by atoms with Crippen LogP contribution in [0.5, 0.6) is 0 Å². The zero-order chi connectivity index (χ0) is 15.7. The van der Waals surface area contributed by atoms with Crippen LogP contribution < -0.4 is 5.56 Å². The summed E-state index contributed by atoms with van der Waals surface area (Å²) in [6.07, 6.45) is 3.68. The summed E-state index contributed by atoms with van der Waals surface area (Å²) in [5.74, 6) is 0.829. The van der Waals surface area contributed by atoms with Crippen LogP contribution in [0, 0.1) is 0 Å². The van der Waals surface area contributed by atoms with Crippen LogP contribution in [-0.2, 0) is 12.0 Å². The van der Waals surface area contributed by atoms with Crippen molar-refractivity contribution in [2.24, 2.45) is 0 Å². The summed E-state index contributed by atoms with van der Waals surface area (Å²) in [5, 5.41) is 16.7. The Balaban J connectivity index is 1.81. The lowest BCUT2D eigenvalue weighted by atomic mass is 9.93. The molecule has 0 spiro atoms. The van der Waals surface area contributed by atoms with Gasteiger partial charge < -0.3 is 0 Å². The minimum Gasteiger partial charge on any atom is -0.272 e. The molecule has 0 N–H and O–H groups in total. The lowest BCUT2D eigenvalue weighted by Crippen LogP contribution is -2.30. The van der Waals surface area contributed by atoms with Crippen molar-refractivity contribution in [1.29, 1.82) is 0 Å². The third-order valence-corrected chi connectivity index (χ3v) is 5.00. The van der Waals surface area contributed by atoms with Crippen LogP contribution in [0.3, 0.4) is 0 Å². The second-order valence-corrected chi connectivity index (χ2v) is 8.08. The highest BCUT2D eigenvalue weighted by Crippen LogP contribution is 2.24. The van der Waals surface area contributed by atoms with Crippen LogP contribution in [0.15, 0.2) is 27.6 Å². The summed E-state index contributed by atoms with van der Waals surface area (Å²) in [7, 11) is 0. The highest BCUT2D eigenvalue weighted by Gasteiger charge is 2.23. The molecule has 0 unspecified atom stereocenters. The standard InChI is InChI=1S/C13H16N6OS2/c1-13(2,3)9-10(20)19-11(16-15-9)22-12(17-19)21-8-7-18-6-4-5-14-18/h4-6H,7-8H2,1-3H3. The van der Waals surface area contributed by atoms with Gasteiger partial charge in [-0.3, -0.25) is 9.48 Å². The molecule has 22 heavy (non-hydrogen) atoms. The van der Waals surface area contributed by atoms with Gasteiger partial charge in [-0.25, -0.2) is 0 Å². The number of thioether (sulfide) groups is 1. The molecule has 0 atom stereocenters. The van der Waals surface area contributed by atoms with Crippen LogP contribution in [0.25, 0.3) is 4.96 Å². The van der Waals surface area contributed by atoms with Gasteiger partial charge >= 0.3 is 0 Å². The third-order valence-electron chi connectivity index (χ3n) is 2.99. The van der Waals surface area contributed by atoms with Crippen molar-refractivity contribution in [2.45, 2.75) is 37.1 Å². The van der Waals surface area contributed by atoms with Gasteiger partial charge in [0.25, 0.3) is 5.56 Å². The summed E-state index contributed by atoms with van der Waals surface area (Å²) >= 11 is 2.97. The number of nitrogens with zero attached hydrogens (tertiary/aromatic N) is 6. The Morgan fingerprint density at radius 3 is 2.82 bits per heavy atom. The maximum Gasteiger partial charge on any atom is 0.297 e. The first-order valence-corrected chi connectivity index (χ1v) is 8.62. The Morgan fingerprint density at radius 2 is 2.14 bits per heavy atom. The molecule has 0 aliphatic carbocycles. The van der Waals surface area contributed by atoms with E-state index >= 15 is 0 Å². The van der Waals surface area contributed by atoms with E-state index in [-0.39, 0.29) is 11.0 Å². The Kier molecular flexibility index (Phi) is 4.00. The topological polar surface area (TPSA) is 78.0 Å². The molecular weight excluding hydrogens is 320 g/mol. The van der Waals surface area contributed by atoms with E-state index in [0.29, 0.717) is 10.7 Å². The van der Waals surface area contributed by atoms with Gasteiger partial charge in [0, 0.05) is 23.6 Å². The number of rotatable bonds is 4. The zero-order valence-corrected chi connectivity index (χ0v) is 14.2. The number of aryl methyl sites for hydroxylation is 1. The second kappa shape index (κ2) is 5.81. The Bertz CT molecular complexity index is 830. The van der Waals surface area contributed by atoms with E-state index in [1.807, 2.05) is 37.7 Å². The molecule has 0 radical (unpaired) electrons. The van der Waals surface area contributed by atoms with Crippen molar-refractivity contribution in [1.82, 2.24) is 29.6 Å². The van der Waals surface area contributed by atoms with Crippen molar-refractivity contribution in [3.05, 3.63) is 34.5 Å². The largest absolute Gasteiger partial charge is 0.297 e. The molecule has 3 heterocycles. The molecule has 7 nitrogen and oxygen atoms in total. The fourth-order valence-corrected chi connectivity index (χ4v) is 3.76. The van der Waals surface area contributed by atoms with Crippen molar-refractivity contribution in [3.8, 4) is 0 Å². The smallest absolute Gasteiger partial charge is 0.272 e. The summed E-state index contributed by atoms with van der Waals surface area (Å²) < 4.78 is 4.03. The summed E-state index contributed by atoms with van der Waals surface area (Å²) in [5.41, 5.74) is -0.0986. The first-order valence-electron chi connectivity index (χ1n) is 6.82. The van der Waals surface area contributed by atoms with Gasteiger partial charge in [0.15, 0.2) is 4.34 Å². The second-order valence-electron chi connectivity index (χ2n) is 5.78. The van der Waals surface area contributed by atoms with E-state index in [0.717, 1.165) is 16.6 Å². The molecule has 0 fully saturated rings. The Hall–Kier alpha value is -1.74. The van der Waals surface area contributed by atoms with Gasteiger partial charge in [-0.15, -0.1) is 15.3 Å². The summed E-state index contributed by atoms with van der Waals surface area (Å²) in [6.45, 7) is 6.62. The summed E-state index contributed by atoms with van der Waals surface area (Å²) in [4.78, 5) is 13.0. The van der Waals surface area contributed by atoms with Crippen molar-refractivity contribution < 1.29 is 0 Å². The Morgan fingerprint density at radius 1 is 1.32 bits per heavy atom. The van der Waals surface area contributed by atoms with Crippen LogP contribution in [0.2, 0.25) is 0 Å². The SMILES string of the molecule is CC(C)(C)c1nnc2sc(SCCn3cccn3)nn2c1=O. The van der Waals surface area contributed by atoms with E-state index in [1.165, 1.54) is 15.9 Å². The molecule has 0 saturated carbocycles. The quantitative estimate of drug-likeness (QED) is 0.677. The highest BCUT2D eigenvalue weighted by atomic mass is 32.2. The first kappa shape index (κ1) is 15.2. The van der Waals surface area contributed by atoms with E-state index in [2.05, 4.69) is 20.4 Å². The monoisotopic (exact) mass is 336 g/mol. The molecule has 0 saturated heterocycles. The van der Waals surface area contributed by atoms with E-state index in [4.69, 9.17) is 0 Å². The third kappa shape index (κ3) is 3.05. The van der Waals surface area contributed by atoms with E-state index in [9.17, 15) is 4.79 Å². The molecule has 116 valence electrons. The number of fused-ring (bicyclic) bond motifs is 1. The van der Waals surface area contributed by atoms with Crippen molar-refractivity contribution in [2.75, 3.05) is 5.75 Å². The number of hydrogen-bond acceptors (Lipinski definition) is 7. The molecular formula is C13H16N6OS2. The van der Waals surface area contributed by atoms with Gasteiger partial charge in [-0.2, -0.15) is 9.61 Å². The molecule has 0 aliphatic heterocycles. The maximum absolute atomic E-state index is 12.4. The van der Waals surface area contributed by atoms with Crippen LogP contribution >= 0.6 is 23.1 Å². The first-order chi connectivity index (χ1) is 10.4. The van der Waals surface area contributed by atoms with Gasteiger partial charge in [0.1, 0.15) is 5.69 Å². The lowest BCUT2D eigenvalue weighted by Gasteiger charge is -2.14. The average Bonchev–Trinajstić information content (AvgIpc) is 3.07. The number of hydrogen-bond donors (Lipinski definition) is 0. The minimum atomic E-state index is -0.345. The molecule has 0 amide bonds. The lowest BCUT2D eigenvalue weighted by molar-refractivity contribution is 0.541. The molecule has 3 aromatic heterocycles. The number of aromatic nitrogens is 6. The van der Waals surface area contributed by atoms with Gasteiger partial charge in [-0.1, -0.05) is 43.9 Å².